The standard InChI is InChI=1S/C27H38ClN3O4S/c1-6-22-12-14-25(15-13-22)31(36(5,34)35)16-8-11-26(32)30(19-23-9-7-10-24(28)17-23)21(4)27(33)29-18-20(2)3/h7,9-10,12-15,17,20-21H,6,8,11,16,18-19H2,1-5H3,(H,29,33). The van der Waals surface area contributed by atoms with E-state index in [9.17, 15) is 18.0 Å². The van der Waals surface area contributed by atoms with Gasteiger partial charge in [-0.2, -0.15) is 0 Å². The second kappa shape index (κ2) is 13.7. The molecule has 0 fully saturated rings. The van der Waals surface area contributed by atoms with Crippen molar-refractivity contribution in [2.75, 3.05) is 23.7 Å². The maximum atomic E-state index is 13.3. The van der Waals surface area contributed by atoms with Gasteiger partial charge in [0.05, 0.1) is 11.9 Å². The molecule has 198 valence electrons. The average Bonchev–Trinajstić information content (AvgIpc) is 2.82. The van der Waals surface area contributed by atoms with Crippen molar-refractivity contribution in [1.82, 2.24) is 10.2 Å². The van der Waals surface area contributed by atoms with Crippen LogP contribution in [-0.2, 0) is 32.6 Å². The van der Waals surface area contributed by atoms with Crippen LogP contribution in [0.2, 0.25) is 5.02 Å². The lowest BCUT2D eigenvalue weighted by Gasteiger charge is -2.29. The predicted molar refractivity (Wildman–Crippen MR) is 147 cm³/mol. The first kappa shape index (κ1) is 29.6. The Morgan fingerprint density at radius 3 is 2.25 bits per heavy atom. The molecule has 2 amide bonds. The molecule has 1 unspecified atom stereocenters. The fraction of sp³-hybridized carbons (Fsp3) is 0.481. The molecule has 1 atom stereocenters. The lowest BCUT2D eigenvalue weighted by molar-refractivity contribution is -0.140. The first-order chi connectivity index (χ1) is 16.9. The van der Waals surface area contributed by atoms with E-state index in [1.54, 1.807) is 37.3 Å². The van der Waals surface area contributed by atoms with Gasteiger partial charge in [-0.25, -0.2) is 8.42 Å². The molecular weight excluding hydrogens is 498 g/mol. The molecule has 0 aliphatic heterocycles. The summed E-state index contributed by atoms with van der Waals surface area (Å²) in [7, 11) is -3.52. The number of anilines is 1. The summed E-state index contributed by atoms with van der Waals surface area (Å²) in [5.41, 5.74) is 2.50. The molecule has 2 rings (SSSR count). The van der Waals surface area contributed by atoms with Crippen LogP contribution in [0.25, 0.3) is 0 Å². The van der Waals surface area contributed by atoms with Gasteiger partial charge in [0.15, 0.2) is 0 Å². The fourth-order valence-corrected chi connectivity index (χ4v) is 4.95. The summed E-state index contributed by atoms with van der Waals surface area (Å²) in [5.74, 6) is -0.170. The van der Waals surface area contributed by atoms with Crippen LogP contribution in [-0.4, -0.2) is 50.5 Å². The number of nitrogens with one attached hydrogen (secondary N) is 1. The summed E-state index contributed by atoms with van der Waals surface area (Å²) in [6, 6.07) is 13.9. The first-order valence-corrected chi connectivity index (χ1v) is 14.5. The van der Waals surface area contributed by atoms with E-state index in [1.807, 2.05) is 39.0 Å². The van der Waals surface area contributed by atoms with E-state index in [1.165, 1.54) is 9.21 Å². The predicted octanol–water partition coefficient (Wildman–Crippen LogP) is 4.64. The molecule has 9 heteroatoms. The maximum Gasteiger partial charge on any atom is 0.242 e. The Labute approximate surface area is 220 Å². The number of rotatable bonds is 13. The second-order valence-corrected chi connectivity index (χ2v) is 11.8. The number of hydrogen-bond donors (Lipinski definition) is 1. The van der Waals surface area contributed by atoms with Crippen LogP contribution in [0.5, 0.6) is 0 Å². The highest BCUT2D eigenvalue weighted by Crippen LogP contribution is 2.20. The zero-order valence-electron chi connectivity index (χ0n) is 21.8. The Kier molecular flexibility index (Phi) is 11.2. The van der Waals surface area contributed by atoms with Crippen LogP contribution < -0.4 is 9.62 Å². The average molecular weight is 536 g/mol. The highest BCUT2D eigenvalue weighted by atomic mass is 35.5. The zero-order valence-corrected chi connectivity index (χ0v) is 23.4. The van der Waals surface area contributed by atoms with Crippen LogP contribution in [0.15, 0.2) is 48.5 Å². The third-order valence-electron chi connectivity index (χ3n) is 5.88. The lowest BCUT2D eigenvalue weighted by atomic mass is 10.1. The minimum Gasteiger partial charge on any atom is -0.354 e. The number of hydrogen-bond acceptors (Lipinski definition) is 4. The molecule has 7 nitrogen and oxygen atoms in total. The van der Waals surface area contributed by atoms with Crippen molar-refractivity contribution in [1.29, 1.82) is 0 Å². The van der Waals surface area contributed by atoms with Gasteiger partial charge in [-0.05, 0) is 61.1 Å². The Morgan fingerprint density at radius 1 is 1.03 bits per heavy atom. The normalized spacial score (nSPS) is 12.3. The van der Waals surface area contributed by atoms with Gasteiger partial charge in [0.25, 0.3) is 0 Å². The van der Waals surface area contributed by atoms with E-state index in [2.05, 4.69) is 5.32 Å². The van der Waals surface area contributed by atoms with Crippen molar-refractivity contribution >= 4 is 39.1 Å². The van der Waals surface area contributed by atoms with Gasteiger partial charge >= 0.3 is 0 Å². The van der Waals surface area contributed by atoms with E-state index in [0.29, 0.717) is 23.7 Å². The van der Waals surface area contributed by atoms with Crippen molar-refractivity contribution in [2.24, 2.45) is 5.92 Å². The highest BCUT2D eigenvalue weighted by Gasteiger charge is 2.26. The molecule has 0 aromatic heterocycles. The number of sulfonamides is 1. The fourth-order valence-electron chi connectivity index (χ4n) is 3.77. The molecule has 0 aliphatic carbocycles. The molecular formula is C27H38ClN3O4S. The third kappa shape index (κ3) is 9.13. The highest BCUT2D eigenvalue weighted by molar-refractivity contribution is 7.92. The molecule has 0 aliphatic rings. The summed E-state index contributed by atoms with van der Waals surface area (Å²) in [4.78, 5) is 27.6. The monoisotopic (exact) mass is 535 g/mol. The van der Waals surface area contributed by atoms with Gasteiger partial charge in [-0.1, -0.05) is 56.6 Å². The molecule has 0 spiro atoms. The Hall–Kier alpha value is -2.58. The lowest BCUT2D eigenvalue weighted by Crippen LogP contribution is -2.48. The molecule has 0 saturated heterocycles. The van der Waals surface area contributed by atoms with E-state index in [-0.39, 0.29) is 37.2 Å². The number of carbonyl (C=O) groups excluding carboxylic acids is 2. The Morgan fingerprint density at radius 2 is 1.69 bits per heavy atom. The van der Waals surface area contributed by atoms with Crippen LogP contribution in [0.1, 0.15) is 51.7 Å². The largest absolute Gasteiger partial charge is 0.354 e. The van der Waals surface area contributed by atoms with E-state index in [0.717, 1.165) is 23.8 Å². The van der Waals surface area contributed by atoms with Gasteiger partial charge < -0.3 is 10.2 Å². The smallest absolute Gasteiger partial charge is 0.242 e. The molecule has 0 heterocycles. The van der Waals surface area contributed by atoms with Gasteiger partial charge in [0.2, 0.25) is 21.8 Å². The zero-order chi connectivity index (χ0) is 26.9. The van der Waals surface area contributed by atoms with E-state index in [4.69, 9.17) is 11.6 Å². The maximum absolute atomic E-state index is 13.3. The summed E-state index contributed by atoms with van der Waals surface area (Å²) >= 11 is 6.13. The number of amides is 2. The molecule has 0 bridgehead atoms. The minimum absolute atomic E-state index is 0.0986. The number of halogens is 1. The van der Waals surface area contributed by atoms with E-state index < -0.39 is 16.1 Å². The van der Waals surface area contributed by atoms with Crippen LogP contribution in [0.3, 0.4) is 0 Å². The molecule has 36 heavy (non-hydrogen) atoms. The van der Waals surface area contributed by atoms with E-state index >= 15 is 0 Å². The van der Waals surface area contributed by atoms with Gasteiger partial charge in [-0.3, -0.25) is 13.9 Å². The summed E-state index contributed by atoms with van der Waals surface area (Å²) in [5, 5.41) is 3.44. The number of nitrogens with zero attached hydrogens (tertiary/aromatic N) is 2. The minimum atomic E-state index is -3.52. The summed E-state index contributed by atoms with van der Waals surface area (Å²) < 4.78 is 26.2. The van der Waals surface area contributed by atoms with Crippen LogP contribution in [0.4, 0.5) is 5.69 Å². The summed E-state index contributed by atoms with van der Waals surface area (Å²) in [6.07, 6.45) is 2.43. The molecule has 2 aromatic carbocycles. The first-order valence-electron chi connectivity index (χ1n) is 12.3. The second-order valence-electron chi connectivity index (χ2n) is 9.43. The molecule has 2 aromatic rings. The van der Waals surface area contributed by atoms with Gasteiger partial charge in [0, 0.05) is 31.1 Å². The molecule has 1 N–H and O–H groups in total. The topological polar surface area (TPSA) is 86.8 Å². The Balaban J connectivity index is 2.15. The molecule has 0 radical (unpaired) electrons. The Bertz CT molecular complexity index is 1120. The number of carbonyl (C=O) groups is 2. The van der Waals surface area contributed by atoms with Crippen molar-refractivity contribution < 1.29 is 18.0 Å². The van der Waals surface area contributed by atoms with Gasteiger partial charge in [0.1, 0.15) is 6.04 Å². The number of aryl methyl sites for hydroxylation is 1. The number of benzene rings is 2. The SMILES string of the molecule is CCc1ccc(N(CCCC(=O)N(Cc2cccc(Cl)c2)C(C)C(=O)NCC(C)C)S(C)(=O)=O)cc1. The van der Waals surface area contributed by atoms with Crippen molar-refractivity contribution in [3.63, 3.8) is 0 Å². The van der Waals surface area contributed by atoms with Crippen LogP contribution >= 0.6 is 11.6 Å². The van der Waals surface area contributed by atoms with Gasteiger partial charge in [-0.15, -0.1) is 0 Å². The van der Waals surface area contributed by atoms with Crippen molar-refractivity contribution in [3.8, 4) is 0 Å². The molecule has 0 saturated carbocycles. The van der Waals surface area contributed by atoms with Crippen molar-refractivity contribution in [2.45, 2.75) is 59.5 Å². The van der Waals surface area contributed by atoms with Crippen LogP contribution in [0, 0.1) is 5.92 Å². The summed E-state index contributed by atoms with van der Waals surface area (Å²) in [6.45, 7) is 8.65. The van der Waals surface area contributed by atoms with Crippen molar-refractivity contribution in [3.05, 3.63) is 64.7 Å². The quantitative estimate of drug-likeness (QED) is 0.405. The third-order valence-corrected chi connectivity index (χ3v) is 7.31.